The van der Waals surface area contributed by atoms with Gasteiger partial charge in [0.1, 0.15) is 29.0 Å². The number of rotatable bonds is 5. The van der Waals surface area contributed by atoms with Crippen LogP contribution in [0.5, 0.6) is 5.75 Å². The van der Waals surface area contributed by atoms with E-state index in [9.17, 15) is 32.7 Å². The standard InChI is InChI=1S/C39H48ClN5O8S/c1-22-31-33(46)42-39(35(48)43-54(51,52)37(3)17-18-37)20-24(39)9-7-5-4-6-8-10-30(45(36(49)50)26-12-13-26)34(47)44(31)21-38(22)16-15-27-28-19-25(40)11-14-29(28)41-23(2)32(27)53-38/h7,9,11,14,19,22,24,26,30-31H,4-6,8,10,12-13,15-18,20-21H2,1-3H3,(H,42,46)(H,43,48)(H,49,50)/b9-7-/t22?,24-,30+,31+,38+,39-/m1/s1. The number of ether oxygens (including phenoxy) is 1. The van der Waals surface area contributed by atoms with Crippen molar-refractivity contribution < 1.29 is 37.4 Å². The van der Waals surface area contributed by atoms with Crippen LogP contribution in [0.25, 0.3) is 10.9 Å². The smallest absolute Gasteiger partial charge is 0.408 e. The zero-order valence-electron chi connectivity index (χ0n) is 30.9. The molecule has 15 heteroatoms. The molecule has 3 aliphatic carbocycles. The third kappa shape index (κ3) is 6.21. The Labute approximate surface area is 320 Å². The minimum atomic E-state index is -4.00. The first-order chi connectivity index (χ1) is 25.6. The van der Waals surface area contributed by atoms with Crippen LogP contribution in [0.4, 0.5) is 4.79 Å². The zero-order chi connectivity index (χ0) is 38.4. The number of carboxylic acid groups (broad SMARTS) is 1. The average Bonchev–Trinajstić information content (AvgIpc) is 4.04. The van der Waals surface area contributed by atoms with E-state index < -0.39 is 73.6 Å². The number of halogens is 1. The van der Waals surface area contributed by atoms with Gasteiger partial charge in [-0.05, 0) is 96.3 Å². The maximum absolute atomic E-state index is 15.0. The highest BCUT2D eigenvalue weighted by Crippen LogP contribution is 2.50. The van der Waals surface area contributed by atoms with E-state index >= 15 is 0 Å². The van der Waals surface area contributed by atoms with Gasteiger partial charge in [-0.2, -0.15) is 0 Å². The molecule has 3 N–H and O–H groups in total. The second-order valence-corrected chi connectivity index (χ2v) is 19.3. The molecule has 6 atom stereocenters. The Morgan fingerprint density at radius 3 is 2.59 bits per heavy atom. The van der Waals surface area contributed by atoms with Gasteiger partial charge < -0.3 is 20.1 Å². The van der Waals surface area contributed by atoms with E-state index in [4.69, 9.17) is 21.3 Å². The van der Waals surface area contributed by atoms with Crippen LogP contribution >= 0.6 is 11.6 Å². The third-order valence-electron chi connectivity index (χ3n) is 13.0. The number of aromatic nitrogens is 1. The molecule has 1 unspecified atom stereocenters. The zero-order valence-corrected chi connectivity index (χ0v) is 32.5. The Morgan fingerprint density at radius 2 is 1.89 bits per heavy atom. The van der Waals surface area contributed by atoms with Gasteiger partial charge in [-0.1, -0.05) is 43.5 Å². The number of benzene rings is 1. The number of pyridine rings is 1. The molecule has 13 nitrogen and oxygen atoms in total. The Hall–Kier alpha value is -3.91. The van der Waals surface area contributed by atoms with Crippen molar-refractivity contribution in [1.29, 1.82) is 0 Å². The highest BCUT2D eigenvalue weighted by molar-refractivity contribution is 7.91. The van der Waals surface area contributed by atoms with Crippen LogP contribution in [0, 0.1) is 18.8 Å². The van der Waals surface area contributed by atoms with E-state index in [1.807, 2.05) is 38.1 Å². The van der Waals surface area contributed by atoms with Gasteiger partial charge in [0.2, 0.25) is 21.8 Å². The highest BCUT2D eigenvalue weighted by atomic mass is 35.5. The van der Waals surface area contributed by atoms with Crippen molar-refractivity contribution in [1.82, 2.24) is 24.8 Å². The summed E-state index contributed by atoms with van der Waals surface area (Å²) in [5, 5.41) is 14.8. The molecule has 1 aromatic heterocycles. The summed E-state index contributed by atoms with van der Waals surface area (Å²) in [6.45, 7) is 5.33. The first-order valence-electron chi connectivity index (χ1n) is 19.2. The normalized spacial score (nSPS) is 32.6. The monoisotopic (exact) mass is 781 g/mol. The van der Waals surface area contributed by atoms with E-state index in [2.05, 4.69) is 10.0 Å². The number of amides is 4. The maximum Gasteiger partial charge on any atom is 0.408 e. The van der Waals surface area contributed by atoms with Crippen LogP contribution in [0.3, 0.4) is 0 Å². The third-order valence-corrected chi connectivity index (χ3v) is 15.4. The SMILES string of the molecule is Cc1nc2ccc(Cl)cc2c2c1O[C@@]1(CC2)CN2C(=O)[C@@H](N(C(=O)O)C3CC3)CCCCC/C=C\[C@@H]3C[C@@]3(C(=O)NS(=O)(=O)C3(C)CC3)NC(=O)[C@@H]2C1C. The van der Waals surface area contributed by atoms with Crippen LogP contribution in [0.2, 0.25) is 5.02 Å². The molecule has 54 heavy (non-hydrogen) atoms. The average molecular weight is 782 g/mol. The first-order valence-corrected chi connectivity index (χ1v) is 21.1. The second-order valence-electron chi connectivity index (χ2n) is 16.7. The number of aryl methyl sites for hydroxylation is 2. The summed E-state index contributed by atoms with van der Waals surface area (Å²) in [5.74, 6) is -2.35. The number of hydrogen-bond acceptors (Lipinski definition) is 8. The van der Waals surface area contributed by atoms with Gasteiger partial charge in [-0.15, -0.1) is 0 Å². The van der Waals surface area contributed by atoms with Gasteiger partial charge in [0.15, 0.2) is 0 Å². The molecule has 0 radical (unpaired) electrons. The summed E-state index contributed by atoms with van der Waals surface area (Å²) in [5.41, 5.74) is -0.202. The summed E-state index contributed by atoms with van der Waals surface area (Å²) in [6.07, 6.45) is 9.22. The summed E-state index contributed by atoms with van der Waals surface area (Å²) in [6, 6.07) is 3.09. The van der Waals surface area contributed by atoms with Gasteiger partial charge >= 0.3 is 6.09 Å². The molecule has 3 aliphatic heterocycles. The number of nitrogens with zero attached hydrogens (tertiary/aromatic N) is 3. The lowest BCUT2D eigenvalue weighted by molar-refractivity contribution is -0.144. The number of allylic oxidation sites excluding steroid dienone is 1. The van der Waals surface area contributed by atoms with Crippen LogP contribution in [-0.2, 0) is 30.8 Å². The predicted octanol–water partition coefficient (Wildman–Crippen LogP) is 5.01. The van der Waals surface area contributed by atoms with E-state index in [0.29, 0.717) is 74.3 Å². The Morgan fingerprint density at radius 1 is 1.13 bits per heavy atom. The summed E-state index contributed by atoms with van der Waals surface area (Å²) in [7, 11) is -4.00. The van der Waals surface area contributed by atoms with Gasteiger partial charge in [-0.25, -0.2) is 18.2 Å². The Kier molecular flexibility index (Phi) is 8.99. The fourth-order valence-corrected chi connectivity index (χ4v) is 10.5. The van der Waals surface area contributed by atoms with Gasteiger partial charge in [0, 0.05) is 33.8 Å². The van der Waals surface area contributed by atoms with Crippen LogP contribution in [0.15, 0.2) is 30.4 Å². The second kappa shape index (κ2) is 13.1. The Bertz CT molecular complexity index is 2090. The van der Waals surface area contributed by atoms with Crippen molar-refractivity contribution >= 4 is 56.3 Å². The fraction of sp³-hybridized carbons (Fsp3) is 0.615. The molecule has 1 saturated heterocycles. The lowest BCUT2D eigenvalue weighted by atomic mass is 9.80. The van der Waals surface area contributed by atoms with Crippen molar-refractivity contribution in [2.75, 3.05) is 6.54 Å². The van der Waals surface area contributed by atoms with Crippen LogP contribution in [-0.4, -0.2) is 92.7 Å². The van der Waals surface area contributed by atoms with Gasteiger partial charge in [-0.3, -0.25) is 24.0 Å². The fourth-order valence-electron chi connectivity index (χ4n) is 9.06. The van der Waals surface area contributed by atoms with Crippen LogP contribution in [0.1, 0.15) is 95.7 Å². The predicted molar refractivity (Wildman–Crippen MR) is 200 cm³/mol. The molecule has 4 amide bonds. The number of sulfonamides is 1. The lowest BCUT2D eigenvalue weighted by Gasteiger charge is -2.39. The van der Waals surface area contributed by atoms with E-state index in [1.165, 1.54) is 9.80 Å². The van der Waals surface area contributed by atoms with E-state index in [0.717, 1.165) is 29.3 Å². The van der Waals surface area contributed by atoms with Crippen molar-refractivity contribution in [2.24, 2.45) is 11.8 Å². The maximum atomic E-state index is 15.0. The molecule has 1 spiro atoms. The molecule has 4 fully saturated rings. The summed E-state index contributed by atoms with van der Waals surface area (Å²) < 4.78 is 34.7. The Balaban J connectivity index is 1.18. The van der Waals surface area contributed by atoms with Crippen molar-refractivity contribution in [3.63, 3.8) is 0 Å². The van der Waals surface area contributed by atoms with Crippen molar-refractivity contribution in [3.8, 4) is 5.75 Å². The van der Waals surface area contributed by atoms with Crippen molar-refractivity contribution in [3.05, 3.63) is 46.6 Å². The summed E-state index contributed by atoms with van der Waals surface area (Å²) >= 11 is 6.40. The highest BCUT2D eigenvalue weighted by Gasteiger charge is 2.65. The van der Waals surface area contributed by atoms with Crippen molar-refractivity contribution in [2.45, 2.75) is 132 Å². The molecule has 1 aromatic carbocycles. The van der Waals surface area contributed by atoms with E-state index in [1.54, 1.807) is 13.0 Å². The minimum Gasteiger partial charge on any atom is -0.483 e. The number of fused-ring (bicyclic) bond motifs is 5. The number of carbonyl (C=O) groups excluding carboxylic acids is 3. The number of carbonyl (C=O) groups is 4. The van der Waals surface area contributed by atoms with Crippen LogP contribution < -0.4 is 14.8 Å². The first kappa shape index (κ1) is 37.0. The molecule has 0 bridgehead atoms. The largest absolute Gasteiger partial charge is 0.483 e. The van der Waals surface area contributed by atoms with Gasteiger partial charge in [0.05, 0.1) is 22.5 Å². The number of nitrogens with one attached hydrogen (secondary N) is 2. The molecule has 2 aromatic rings. The molecular formula is C39H48ClN5O8S. The van der Waals surface area contributed by atoms with Gasteiger partial charge in [0.25, 0.3) is 5.91 Å². The topological polar surface area (TPSA) is 175 Å². The molecule has 3 saturated carbocycles. The van der Waals surface area contributed by atoms with E-state index in [-0.39, 0.29) is 19.0 Å². The molecule has 8 rings (SSSR count). The molecule has 290 valence electrons. The lowest BCUT2D eigenvalue weighted by Crippen LogP contribution is -2.60. The molecular weight excluding hydrogens is 734 g/mol. The quantitative estimate of drug-likeness (QED) is 0.352. The number of hydrogen-bond donors (Lipinski definition) is 3. The minimum absolute atomic E-state index is 0.0153. The molecule has 4 heterocycles. The molecule has 6 aliphatic rings. The summed E-state index contributed by atoms with van der Waals surface area (Å²) in [4.78, 5) is 64.1.